The summed E-state index contributed by atoms with van der Waals surface area (Å²) < 4.78 is 66.9. The molecule has 0 radical (unpaired) electrons. The van der Waals surface area contributed by atoms with E-state index in [0.29, 0.717) is 117 Å². The third-order valence-corrected chi connectivity index (χ3v) is 21.6. The SMILES string of the molecule is C=C(C)C(=O)OCCCCCCOc1ccc(-c2c3nc(c(-c4ccc(OCC(CC)CCCC)c(OCC(CC)CCCC)c4)c4ccc5c(-c6ccc(OCCCCCCOC(=O)C(=C)C)cc6)c6nc(c(-c7ccc(OCCCCCCOC(=O)C(=C)C)c(OCCCCCCOC(=O)C(=C)C)c7)c7ccc2n7n54)C=C6)C=C3)cc1. The molecule has 6 heterocycles. The Kier molecular flexibility index (Phi) is 35.1. The van der Waals surface area contributed by atoms with Gasteiger partial charge in [-0.2, -0.15) is 0 Å². The quantitative estimate of drug-likeness (QED) is 0.0151. The summed E-state index contributed by atoms with van der Waals surface area (Å²) in [6.45, 7) is 34.9. The van der Waals surface area contributed by atoms with Crippen molar-refractivity contribution in [3.05, 3.63) is 181 Å². The molecule has 0 N–H and O–H groups in total. The minimum absolute atomic E-state index is 0.322. The van der Waals surface area contributed by atoms with Gasteiger partial charge in [0.1, 0.15) is 11.5 Å². The number of rotatable bonds is 54. The van der Waals surface area contributed by atoms with E-state index >= 15 is 0 Å². The number of fused-ring (bicyclic) bond motifs is 4. The Morgan fingerprint density at radius 3 is 0.898 bits per heavy atom. The molecule has 628 valence electrons. The van der Waals surface area contributed by atoms with Crippen molar-refractivity contribution in [3.63, 3.8) is 0 Å². The summed E-state index contributed by atoms with van der Waals surface area (Å²) in [6, 6.07) is 38.2. The van der Waals surface area contributed by atoms with Gasteiger partial charge in [0.2, 0.25) is 0 Å². The van der Waals surface area contributed by atoms with E-state index in [9.17, 15) is 19.2 Å². The number of hydrogen-bond acceptors (Lipinski definition) is 16. The van der Waals surface area contributed by atoms with Crippen LogP contribution >= 0.6 is 0 Å². The van der Waals surface area contributed by atoms with Crippen LogP contribution in [0.1, 0.15) is 232 Å². The van der Waals surface area contributed by atoms with Crippen LogP contribution in [0.15, 0.2) is 158 Å². The van der Waals surface area contributed by atoms with Crippen molar-refractivity contribution in [1.29, 1.82) is 0 Å². The zero-order valence-corrected chi connectivity index (χ0v) is 71.2. The van der Waals surface area contributed by atoms with Gasteiger partial charge in [-0.3, -0.25) is 0 Å². The zero-order valence-electron chi connectivity index (χ0n) is 71.2. The average Bonchev–Trinajstić information content (AvgIpc) is 1.55. The lowest BCUT2D eigenvalue weighted by Crippen LogP contribution is -2.14. The van der Waals surface area contributed by atoms with Crippen molar-refractivity contribution >= 4 is 70.2 Å². The van der Waals surface area contributed by atoms with E-state index < -0.39 is 0 Å². The number of benzene rings is 4. The topological polar surface area (TPSA) is 195 Å². The first-order valence-electron chi connectivity index (χ1n) is 43.2. The van der Waals surface area contributed by atoms with Gasteiger partial charge in [-0.15, -0.1) is 0 Å². The Hall–Kier alpha value is -10.9. The summed E-state index contributed by atoms with van der Waals surface area (Å²) in [7, 11) is 0. The standard InChI is InChI=1S/C100H124N4O14/c1-13-17-35-73(15-3)67-117-90-56-42-78(66-92(90)118-68-74(16-4)36-18-14-2)96-84-50-48-82(102-84)94(76-39-45-80(46-40-76)110-58-28-20-24-32-62-114-98(106)70(7)8)85-51-53-87-95(77-41-55-89(111-59-29-21-25-33-63-115-99(107)71(9)10)91(65-77)112-60-30-22-26-34-64-116-100(108)72(11)12)83-49-47-81(101-83)93(86-52-54-88(96)104(86)103(85)87)75-37-43-79(44-38-75)109-57-27-19-23-31-61-113-97(105)69(5)6/h37-56,65-66,73-74H,5,7,9,11,13-36,57-64,67-68H2,1-4,6,8,10,12H3. The molecular weight excluding hydrogens is 1480 g/mol. The normalized spacial score (nSPS) is 12.2. The molecule has 2 unspecified atom stereocenters. The van der Waals surface area contributed by atoms with Crippen LogP contribution in [0.5, 0.6) is 34.5 Å². The molecule has 2 aliphatic rings. The molecule has 0 saturated heterocycles. The largest absolute Gasteiger partial charge is 0.494 e. The first kappa shape index (κ1) is 89.5. The van der Waals surface area contributed by atoms with Crippen molar-refractivity contribution in [3.8, 4) is 79.0 Å². The first-order valence-corrected chi connectivity index (χ1v) is 43.2. The molecule has 0 spiro atoms. The van der Waals surface area contributed by atoms with Crippen molar-refractivity contribution in [2.24, 2.45) is 11.8 Å². The Morgan fingerprint density at radius 1 is 0.314 bits per heavy atom. The Balaban J connectivity index is 1.16. The van der Waals surface area contributed by atoms with Gasteiger partial charge < -0.3 is 47.4 Å². The number of carbonyl (C=O) groups excluding carboxylic acids is 4. The molecule has 2 atom stereocenters. The van der Waals surface area contributed by atoms with Crippen LogP contribution in [-0.4, -0.2) is 109 Å². The van der Waals surface area contributed by atoms with E-state index in [2.05, 4.69) is 166 Å². The zero-order chi connectivity index (χ0) is 83.7. The molecule has 2 aliphatic heterocycles. The fourth-order valence-corrected chi connectivity index (χ4v) is 14.6. The highest BCUT2D eigenvalue weighted by Crippen LogP contribution is 2.46. The van der Waals surface area contributed by atoms with Crippen LogP contribution in [0.3, 0.4) is 0 Å². The predicted octanol–water partition coefficient (Wildman–Crippen LogP) is 24.3. The molecular formula is C100H124N4O14. The highest BCUT2D eigenvalue weighted by Gasteiger charge is 2.27. The maximum atomic E-state index is 12.2. The first-order chi connectivity index (χ1) is 57.4. The van der Waals surface area contributed by atoms with Crippen molar-refractivity contribution in [2.45, 2.75) is 209 Å². The van der Waals surface area contributed by atoms with E-state index in [1.165, 1.54) is 0 Å². The van der Waals surface area contributed by atoms with Crippen LogP contribution < -0.4 is 28.4 Å². The summed E-state index contributed by atoms with van der Waals surface area (Å²) in [6.07, 6.45) is 30.4. The molecule has 0 aliphatic carbocycles. The van der Waals surface area contributed by atoms with Crippen molar-refractivity contribution in [1.82, 2.24) is 19.0 Å². The van der Waals surface area contributed by atoms with Gasteiger partial charge in [0, 0.05) is 44.5 Å². The van der Waals surface area contributed by atoms with E-state index in [0.717, 1.165) is 261 Å². The number of esters is 4. The molecule has 8 aromatic rings. The number of hydrogen-bond donors (Lipinski definition) is 0. The highest BCUT2D eigenvalue weighted by atomic mass is 16.6. The molecule has 4 bridgehead atoms. The van der Waals surface area contributed by atoms with Crippen molar-refractivity contribution in [2.75, 3.05) is 66.1 Å². The Morgan fingerprint density at radius 2 is 0.585 bits per heavy atom. The highest BCUT2D eigenvalue weighted by molar-refractivity contribution is 6.02. The number of carbonyl (C=O) groups is 4. The smallest absolute Gasteiger partial charge is 0.333 e. The minimum atomic E-state index is -0.382. The fraction of sp³-hybridized carbons (Fsp3) is 0.440. The third kappa shape index (κ3) is 25.1. The Bertz CT molecular complexity index is 4820. The maximum Gasteiger partial charge on any atom is 0.333 e. The monoisotopic (exact) mass is 1600 g/mol. The van der Waals surface area contributed by atoms with E-state index in [-0.39, 0.29) is 23.9 Å². The second-order valence-electron chi connectivity index (χ2n) is 31.3. The summed E-state index contributed by atoms with van der Waals surface area (Å²) in [4.78, 5) is 59.8. The summed E-state index contributed by atoms with van der Waals surface area (Å²) in [5.41, 5.74) is 15.1. The van der Waals surface area contributed by atoms with Gasteiger partial charge in [0.05, 0.1) is 111 Å². The van der Waals surface area contributed by atoms with Gasteiger partial charge >= 0.3 is 23.9 Å². The number of unbranched alkanes of at least 4 members (excludes halogenated alkanes) is 14. The molecule has 10 rings (SSSR count). The van der Waals surface area contributed by atoms with Crippen LogP contribution in [0.25, 0.3) is 90.9 Å². The number of ether oxygens (including phenoxy) is 10. The number of aromatic nitrogens is 4. The van der Waals surface area contributed by atoms with Gasteiger partial charge in [-0.25, -0.2) is 38.2 Å². The van der Waals surface area contributed by atoms with Gasteiger partial charge in [-0.05, 0) is 274 Å². The van der Waals surface area contributed by atoms with Crippen LogP contribution in [0, 0.1) is 11.8 Å². The lowest BCUT2D eigenvalue weighted by molar-refractivity contribution is -0.139. The van der Waals surface area contributed by atoms with Gasteiger partial charge in [0.15, 0.2) is 23.0 Å². The van der Waals surface area contributed by atoms with Crippen molar-refractivity contribution < 1.29 is 66.5 Å². The molecule has 4 aromatic heterocycles. The van der Waals surface area contributed by atoms with E-state index in [4.69, 9.17) is 57.3 Å². The maximum absolute atomic E-state index is 12.2. The second-order valence-corrected chi connectivity index (χ2v) is 31.3. The number of nitrogens with zero attached hydrogens (tertiary/aromatic N) is 4. The predicted molar refractivity (Wildman–Crippen MR) is 475 cm³/mol. The molecule has 18 heteroatoms. The van der Waals surface area contributed by atoms with Crippen LogP contribution in [-0.2, 0) is 38.1 Å². The molecule has 4 aromatic carbocycles. The molecule has 0 amide bonds. The summed E-state index contributed by atoms with van der Waals surface area (Å²) in [5, 5.41) is 0. The minimum Gasteiger partial charge on any atom is -0.494 e. The molecule has 0 saturated carbocycles. The lowest BCUT2D eigenvalue weighted by Gasteiger charge is -2.21. The van der Waals surface area contributed by atoms with E-state index in [1.807, 2.05) is 30.3 Å². The Labute approximate surface area is 699 Å². The van der Waals surface area contributed by atoms with Gasteiger partial charge in [-0.1, -0.05) is 129 Å². The lowest BCUT2D eigenvalue weighted by atomic mass is 10.00. The van der Waals surface area contributed by atoms with E-state index in [1.54, 1.807) is 27.7 Å². The fourth-order valence-electron chi connectivity index (χ4n) is 14.6. The summed E-state index contributed by atoms with van der Waals surface area (Å²) in [5.74, 6) is 3.35. The van der Waals surface area contributed by atoms with Gasteiger partial charge in [0.25, 0.3) is 0 Å². The summed E-state index contributed by atoms with van der Waals surface area (Å²) >= 11 is 0. The molecule has 118 heavy (non-hydrogen) atoms. The van der Waals surface area contributed by atoms with Crippen LogP contribution in [0.2, 0.25) is 0 Å². The molecule has 18 nitrogen and oxygen atoms in total. The third-order valence-electron chi connectivity index (χ3n) is 21.6. The second kappa shape index (κ2) is 46.3. The van der Waals surface area contributed by atoms with Crippen LogP contribution in [0.4, 0.5) is 0 Å². The average molecular weight is 1610 g/mol. The molecule has 0 fully saturated rings.